The first kappa shape index (κ1) is 21.9. The predicted molar refractivity (Wildman–Crippen MR) is 131 cm³/mol. The average Bonchev–Trinajstić information content (AvgIpc) is 2.76. The molecule has 4 rings (SSSR count). The monoisotopic (exact) mass is 477 g/mol. The maximum atomic E-state index is 10.9. The van der Waals surface area contributed by atoms with Crippen molar-refractivity contribution in [1.82, 2.24) is 0 Å². The van der Waals surface area contributed by atoms with Crippen LogP contribution in [0.25, 0.3) is 0 Å². The highest BCUT2D eigenvalue weighted by Crippen LogP contribution is 2.33. The van der Waals surface area contributed by atoms with Gasteiger partial charge in [-0.3, -0.25) is 10.1 Å². The molecule has 0 spiro atoms. The third-order valence-electron chi connectivity index (χ3n) is 4.75. The molecule has 0 saturated carbocycles. The Morgan fingerprint density at radius 3 is 1.70 bits per heavy atom. The SMILES string of the molecule is Br.O=[N+]([O-])c1ccc(Cc2cccc(P(c3ccccc3)c3ccccc3)c2)cc1. The third kappa shape index (κ3) is 5.21. The van der Waals surface area contributed by atoms with E-state index in [0.717, 1.165) is 12.0 Å². The molecule has 0 aromatic heterocycles. The van der Waals surface area contributed by atoms with Crippen LogP contribution < -0.4 is 15.9 Å². The molecule has 0 heterocycles. The van der Waals surface area contributed by atoms with Crippen molar-refractivity contribution >= 4 is 46.5 Å². The Morgan fingerprint density at radius 1 is 0.633 bits per heavy atom. The van der Waals surface area contributed by atoms with Crippen LogP contribution in [0.2, 0.25) is 0 Å². The van der Waals surface area contributed by atoms with Crippen LogP contribution in [0.1, 0.15) is 11.1 Å². The smallest absolute Gasteiger partial charge is 0.258 e. The second-order valence-corrected chi connectivity index (χ2v) is 9.00. The maximum absolute atomic E-state index is 10.9. The molecule has 0 N–H and O–H groups in total. The van der Waals surface area contributed by atoms with Crippen LogP contribution in [0, 0.1) is 10.1 Å². The van der Waals surface area contributed by atoms with Gasteiger partial charge in [-0.05, 0) is 41.4 Å². The Hall–Kier alpha value is -2.81. The first-order valence-corrected chi connectivity index (χ1v) is 10.8. The van der Waals surface area contributed by atoms with Crippen LogP contribution in [-0.2, 0) is 6.42 Å². The van der Waals surface area contributed by atoms with E-state index >= 15 is 0 Å². The number of nitro benzene ring substituents is 1. The summed E-state index contributed by atoms with van der Waals surface area (Å²) in [5.41, 5.74) is 2.39. The second-order valence-electron chi connectivity index (χ2n) is 6.78. The molecular weight excluding hydrogens is 457 g/mol. The lowest BCUT2D eigenvalue weighted by atomic mass is 10.0. The van der Waals surface area contributed by atoms with Crippen LogP contribution in [-0.4, -0.2) is 4.92 Å². The molecule has 150 valence electrons. The van der Waals surface area contributed by atoms with E-state index in [9.17, 15) is 10.1 Å². The average molecular weight is 478 g/mol. The van der Waals surface area contributed by atoms with Crippen LogP contribution in [0.5, 0.6) is 0 Å². The van der Waals surface area contributed by atoms with Crippen LogP contribution >= 0.6 is 24.9 Å². The van der Waals surface area contributed by atoms with Crippen LogP contribution in [0.4, 0.5) is 5.69 Å². The Balaban J connectivity index is 0.00000256. The van der Waals surface area contributed by atoms with Gasteiger partial charge in [0.1, 0.15) is 0 Å². The number of non-ortho nitro benzene ring substituents is 1. The van der Waals surface area contributed by atoms with Crippen LogP contribution in [0.15, 0.2) is 109 Å². The number of hydrogen-bond donors (Lipinski definition) is 0. The zero-order valence-corrected chi connectivity index (χ0v) is 18.8. The highest BCUT2D eigenvalue weighted by Gasteiger charge is 2.16. The zero-order valence-electron chi connectivity index (χ0n) is 16.2. The van der Waals surface area contributed by atoms with E-state index in [0.29, 0.717) is 0 Å². The molecule has 0 aliphatic rings. The van der Waals surface area contributed by atoms with E-state index < -0.39 is 7.92 Å². The van der Waals surface area contributed by atoms with Gasteiger partial charge in [-0.25, -0.2) is 0 Å². The molecule has 5 heteroatoms. The summed E-state index contributed by atoms with van der Waals surface area (Å²) >= 11 is 0. The molecule has 4 aromatic carbocycles. The molecule has 0 fully saturated rings. The first-order valence-electron chi connectivity index (χ1n) is 9.43. The van der Waals surface area contributed by atoms with Crippen LogP contribution in [0.3, 0.4) is 0 Å². The van der Waals surface area contributed by atoms with Gasteiger partial charge in [0.2, 0.25) is 0 Å². The number of nitro groups is 1. The highest BCUT2D eigenvalue weighted by molar-refractivity contribution is 8.93. The van der Waals surface area contributed by atoms with Gasteiger partial charge in [-0.15, -0.1) is 17.0 Å². The summed E-state index contributed by atoms with van der Waals surface area (Å²) in [5, 5.41) is 14.8. The lowest BCUT2D eigenvalue weighted by Crippen LogP contribution is -2.20. The lowest BCUT2D eigenvalue weighted by Gasteiger charge is -2.20. The molecule has 0 saturated heterocycles. The number of benzene rings is 4. The Morgan fingerprint density at radius 2 is 1.17 bits per heavy atom. The van der Waals surface area contributed by atoms with Gasteiger partial charge in [0.15, 0.2) is 0 Å². The lowest BCUT2D eigenvalue weighted by molar-refractivity contribution is -0.384. The molecule has 0 unspecified atom stereocenters. The second kappa shape index (κ2) is 10.3. The van der Waals surface area contributed by atoms with Crippen molar-refractivity contribution in [1.29, 1.82) is 0 Å². The van der Waals surface area contributed by atoms with E-state index in [1.54, 1.807) is 12.1 Å². The van der Waals surface area contributed by atoms with Gasteiger partial charge >= 0.3 is 0 Å². The standard InChI is InChI=1S/C25H20NO2P.BrH/c27-26(28)22-16-14-20(15-17-22)18-21-8-7-13-25(19-21)29(23-9-3-1-4-10-23)24-11-5-2-6-12-24;/h1-17,19H,18H2;1H. The molecule has 0 aliphatic heterocycles. The summed E-state index contributed by atoms with van der Waals surface area (Å²) in [6.45, 7) is 0. The topological polar surface area (TPSA) is 43.1 Å². The van der Waals surface area contributed by atoms with E-state index in [2.05, 4.69) is 72.8 Å². The third-order valence-corrected chi connectivity index (χ3v) is 7.18. The largest absolute Gasteiger partial charge is 0.269 e. The van der Waals surface area contributed by atoms with E-state index in [1.807, 2.05) is 24.3 Å². The van der Waals surface area contributed by atoms with Crippen molar-refractivity contribution < 1.29 is 4.92 Å². The molecular formula is C25H21BrNO2P. The Labute approximate surface area is 188 Å². The van der Waals surface area contributed by atoms with Crippen molar-refractivity contribution in [3.05, 3.63) is 130 Å². The Bertz CT molecular complexity index is 1060. The molecule has 3 nitrogen and oxygen atoms in total. The quantitative estimate of drug-likeness (QED) is 0.208. The van der Waals surface area contributed by atoms with Gasteiger partial charge in [-0.1, -0.05) is 97.1 Å². The summed E-state index contributed by atoms with van der Waals surface area (Å²) in [7, 11) is -0.640. The molecule has 4 aromatic rings. The minimum absolute atomic E-state index is 0. The van der Waals surface area contributed by atoms with Crippen molar-refractivity contribution in [3.63, 3.8) is 0 Å². The molecule has 30 heavy (non-hydrogen) atoms. The Kier molecular flexibility index (Phi) is 7.51. The zero-order chi connectivity index (χ0) is 20.1. The summed E-state index contributed by atoms with van der Waals surface area (Å²) in [6, 6.07) is 36.8. The van der Waals surface area contributed by atoms with E-state index in [1.165, 1.54) is 21.5 Å². The normalized spacial score (nSPS) is 10.4. The number of hydrogen-bond acceptors (Lipinski definition) is 2. The van der Waals surface area contributed by atoms with Gasteiger partial charge in [0, 0.05) is 12.1 Å². The fourth-order valence-electron chi connectivity index (χ4n) is 3.38. The first-order chi connectivity index (χ1) is 14.2. The maximum Gasteiger partial charge on any atom is 0.269 e. The van der Waals surface area contributed by atoms with E-state index in [4.69, 9.17) is 0 Å². The van der Waals surface area contributed by atoms with Gasteiger partial charge < -0.3 is 0 Å². The van der Waals surface area contributed by atoms with Gasteiger partial charge in [-0.2, -0.15) is 0 Å². The van der Waals surface area contributed by atoms with Gasteiger partial charge in [0.05, 0.1) is 4.92 Å². The molecule has 0 bridgehead atoms. The van der Waals surface area contributed by atoms with Crippen molar-refractivity contribution in [2.45, 2.75) is 6.42 Å². The number of halogens is 1. The summed E-state index contributed by atoms with van der Waals surface area (Å²) in [4.78, 5) is 10.5. The molecule has 0 radical (unpaired) electrons. The molecule has 0 atom stereocenters. The summed E-state index contributed by atoms with van der Waals surface area (Å²) in [5.74, 6) is 0. The number of rotatable bonds is 6. The van der Waals surface area contributed by atoms with E-state index in [-0.39, 0.29) is 27.6 Å². The summed E-state index contributed by atoms with van der Waals surface area (Å²) < 4.78 is 0. The summed E-state index contributed by atoms with van der Waals surface area (Å²) in [6.07, 6.45) is 0.749. The number of nitrogens with zero attached hydrogens (tertiary/aromatic N) is 1. The van der Waals surface area contributed by atoms with Crippen molar-refractivity contribution in [3.8, 4) is 0 Å². The van der Waals surface area contributed by atoms with Crippen molar-refractivity contribution in [2.24, 2.45) is 0 Å². The predicted octanol–water partition coefficient (Wildman–Crippen LogP) is 5.52. The molecule has 0 aliphatic carbocycles. The minimum atomic E-state index is -0.640. The fraction of sp³-hybridized carbons (Fsp3) is 0.0400. The fourth-order valence-corrected chi connectivity index (χ4v) is 5.74. The van der Waals surface area contributed by atoms with Crippen molar-refractivity contribution in [2.75, 3.05) is 0 Å². The molecule has 0 amide bonds. The highest BCUT2D eigenvalue weighted by atomic mass is 79.9. The minimum Gasteiger partial charge on any atom is -0.258 e. The van der Waals surface area contributed by atoms with Gasteiger partial charge in [0.25, 0.3) is 5.69 Å².